The topological polar surface area (TPSA) is 58.6 Å². The van der Waals surface area contributed by atoms with E-state index >= 15 is 0 Å². The Kier molecular flexibility index (Phi) is 5.15. The Hall–Kier alpha value is -2.25. The number of nitrogens with one attached hydrogen (secondary N) is 1. The number of benzene rings is 1. The van der Waals surface area contributed by atoms with Gasteiger partial charge in [0.2, 0.25) is 0 Å². The zero-order valence-corrected chi connectivity index (χ0v) is 14.9. The Bertz CT molecular complexity index is 805. The van der Waals surface area contributed by atoms with Crippen LogP contribution in [-0.4, -0.2) is 42.5 Å². The lowest BCUT2D eigenvalue weighted by molar-refractivity contribution is -0.0122. The number of aryl methyl sites for hydroxylation is 1. The summed E-state index contributed by atoms with van der Waals surface area (Å²) in [7, 11) is 0. The smallest absolute Gasteiger partial charge is 0.264 e. The van der Waals surface area contributed by atoms with Gasteiger partial charge in [-0.1, -0.05) is 6.07 Å². The SMILES string of the molecule is Cc1cc(NC(=O)c2cccc(F)c2)sc1C(=O)N1CCO[C@@H](C)C1. The largest absolute Gasteiger partial charge is 0.375 e. The first-order valence-corrected chi connectivity index (χ1v) is 8.84. The minimum atomic E-state index is -0.465. The molecule has 0 saturated carbocycles. The van der Waals surface area contributed by atoms with Crippen LogP contribution in [0.3, 0.4) is 0 Å². The van der Waals surface area contributed by atoms with Gasteiger partial charge in [-0.2, -0.15) is 0 Å². The maximum absolute atomic E-state index is 13.2. The molecule has 0 spiro atoms. The van der Waals surface area contributed by atoms with E-state index in [1.54, 1.807) is 17.0 Å². The molecule has 5 nitrogen and oxygen atoms in total. The number of hydrogen-bond donors (Lipinski definition) is 1. The number of ether oxygens (including phenoxy) is 1. The Labute approximate surface area is 149 Å². The van der Waals surface area contributed by atoms with Gasteiger partial charge in [-0.3, -0.25) is 9.59 Å². The van der Waals surface area contributed by atoms with Gasteiger partial charge >= 0.3 is 0 Å². The minimum absolute atomic E-state index is 0.0186. The molecule has 2 heterocycles. The van der Waals surface area contributed by atoms with Crippen LogP contribution < -0.4 is 5.32 Å². The van der Waals surface area contributed by atoms with E-state index in [-0.39, 0.29) is 17.6 Å². The van der Waals surface area contributed by atoms with E-state index in [0.29, 0.717) is 29.6 Å². The molecular formula is C18H19FN2O3S. The van der Waals surface area contributed by atoms with Crippen LogP contribution in [0.1, 0.15) is 32.5 Å². The summed E-state index contributed by atoms with van der Waals surface area (Å²) in [4.78, 5) is 27.3. The van der Waals surface area contributed by atoms with Gasteiger partial charge in [-0.25, -0.2) is 4.39 Å². The van der Waals surface area contributed by atoms with Crippen molar-refractivity contribution in [1.29, 1.82) is 0 Å². The molecule has 1 fully saturated rings. The summed E-state index contributed by atoms with van der Waals surface area (Å²) in [5.41, 5.74) is 1.05. The van der Waals surface area contributed by atoms with Gasteiger partial charge in [-0.15, -0.1) is 11.3 Å². The fraction of sp³-hybridized carbons (Fsp3) is 0.333. The molecule has 0 aliphatic carbocycles. The van der Waals surface area contributed by atoms with Gasteiger partial charge in [0, 0.05) is 18.7 Å². The highest BCUT2D eigenvalue weighted by Gasteiger charge is 2.25. The number of hydrogen-bond acceptors (Lipinski definition) is 4. The van der Waals surface area contributed by atoms with Gasteiger partial charge in [0.25, 0.3) is 11.8 Å². The molecule has 1 atom stereocenters. The molecule has 3 rings (SSSR count). The number of carbonyl (C=O) groups excluding carboxylic acids is 2. The van der Waals surface area contributed by atoms with Crippen molar-refractivity contribution in [3.63, 3.8) is 0 Å². The molecule has 0 bridgehead atoms. The fourth-order valence-corrected chi connectivity index (χ4v) is 3.75. The number of halogens is 1. The lowest BCUT2D eigenvalue weighted by Crippen LogP contribution is -2.44. The van der Waals surface area contributed by atoms with Crippen molar-refractivity contribution < 1.29 is 18.7 Å². The Morgan fingerprint density at radius 2 is 2.16 bits per heavy atom. The lowest BCUT2D eigenvalue weighted by Gasteiger charge is -2.31. The van der Waals surface area contributed by atoms with E-state index < -0.39 is 11.7 Å². The zero-order valence-electron chi connectivity index (χ0n) is 14.0. The number of thiophene rings is 1. The minimum Gasteiger partial charge on any atom is -0.375 e. The number of morpholine rings is 1. The maximum atomic E-state index is 13.2. The maximum Gasteiger partial charge on any atom is 0.264 e. The van der Waals surface area contributed by atoms with E-state index in [1.165, 1.54) is 29.5 Å². The molecule has 132 valence electrons. The van der Waals surface area contributed by atoms with Crippen LogP contribution in [0.4, 0.5) is 9.39 Å². The molecule has 1 aromatic heterocycles. The second kappa shape index (κ2) is 7.33. The van der Waals surface area contributed by atoms with Crippen LogP contribution >= 0.6 is 11.3 Å². The first kappa shape index (κ1) is 17.6. The summed E-state index contributed by atoms with van der Waals surface area (Å²) in [6, 6.07) is 7.25. The van der Waals surface area contributed by atoms with E-state index in [0.717, 1.165) is 5.56 Å². The van der Waals surface area contributed by atoms with Crippen molar-refractivity contribution in [3.8, 4) is 0 Å². The third kappa shape index (κ3) is 4.05. The average Bonchev–Trinajstić information content (AvgIpc) is 2.94. The zero-order chi connectivity index (χ0) is 18.0. The first-order chi connectivity index (χ1) is 11.9. The molecule has 1 aliphatic rings. The summed E-state index contributed by atoms with van der Waals surface area (Å²) in [5, 5.41) is 3.30. The highest BCUT2D eigenvalue weighted by molar-refractivity contribution is 7.18. The normalized spacial score (nSPS) is 17.4. The van der Waals surface area contributed by atoms with Crippen molar-refractivity contribution in [2.24, 2.45) is 0 Å². The van der Waals surface area contributed by atoms with Gasteiger partial charge in [0.05, 0.1) is 22.6 Å². The Morgan fingerprint density at radius 3 is 2.88 bits per heavy atom. The van der Waals surface area contributed by atoms with E-state index in [4.69, 9.17) is 4.74 Å². The molecule has 0 radical (unpaired) electrons. The van der Waals surface area contributed by atoms with Crippen LogP contribution in [0.25, 0.3) is 0 Å². The van der Waals surface area contributed by atoms with Crippen LogP contribution in [-0.2, 0) is 4.74 Å². The van der Waals surface area contributed by atoms with Crippen molar-refractivity contribution >= 4 is 28.2 Å². The highest BCUT2D eigenvalue weighted by atomic mass is 32.1. The van der Waals surface area contributed by atoms with E-state index in [1.807, 2.05) is 13.8 Å². The quantitative estimate of drug-likeness (QED) is 0.911. The van der Waals surface area contributed by atoms with Gasteiger partial charge in [0.15, 0.2) is 0 Å². The predicted molar refractivity (Wildman–Crippen MR) is 94.7 cm³/mol. The Morgan fingerprint density at radius 1 is 1.36 bits per heavy atom. The standard InChI is InChI=1S/C18H19FN2O3S/c1-11-8-15(20-17(22)13-4-3-5-14(19)9-13)25-16(11)18(23)21-6-7-24-12(2)10-21/h3-5,8-9,12H,6-7,10H2,1-2H3,(H,20,22)/t12-/m0/s1. The lowest BCUT2D eigenvalue weighted by atomic mass is 10.2. The summed E-state index contributed by atoms with van der Waals surface area (Å²) in [6.07, 6.45) is 0.0186. The molecule has 2 aromatic rings. The summed E-state index contributed by atoms with van der Waals surface area (Å²) < 4.78 is 18.7. The number of anilines is 1. The molecule has 7 heteroatoms. The monoisotopic (exact) mass is 362 g/mol. The number of carbonyl (C=O) groups is 2. The summed E-state index contributed by atoms with van der Waals surface area (Å²) in [6.45, 7) is 5.42. The van der Waals surface area contributed by atoms with Gasteiger partial charge in [-0.05, 0) is 43.7 Å². The predicted octanol–water partition coefficient (Wildman–Crippen LogP) is 3.31. The van der Waals surface area contributed by atoms with Gasteiger partial charge < -0.3 is 15.0 Å². The number of nitrogens with zero attached hydrogens (tertiary/aromatic N) is 1. The van der Waals surface area contributed by atoms with E-state index in [2.05, 4.69) is 5.32 Å². The molecule has 1 aliphatic heterocycles. The highest BCUT2D eigenvalue weighted by Crippen LogP contribution is 2.29. The summed E-state index contributed by atoms with van der Waals surface area (Å²) >= 11 is 1.23. The molecule has 1 N–H and O–H groups in total. The van der Waals surface area contributed by atoms with Crippen molar-refractivity contribution in [1.82, 2.24) is 4.90 Å². The van der Waals surface area contributed by atoms with Crippen LogP contribution in [0.5, 0.6) is 0 Å². The fourth-order valence-electron chi connectivity index (χ4n) is 2.72. The molecule has 25 heavy (non-hydrogen) atoms. The Balaban J connectivity index is 1.73. The van der Waals surface area contributed by atoms with Crippen LogP contribution in [0, 0.1) is 12.7 Å². The third-order valence-corrected chi connectivity index (χ3v) is 5.10. The molecule has 1 aromatic carbocycles. The van der Waals surface area contributed by atoms with Gasteiger partial charge in [0.1, 0.15) is 5.82 Å². The van der Waals surface area contributed by atoms with Crippen LogP contribution in [0.15, 0.2) is 30.3 Å². The molecule has 1 saturated heterocycles. The first-order valence-electron chi connectivity index (χ1n) is 8.02. The summed E-state index contributed by atoms with van der Waals surface area (Å²) in [5.74, 6) is -0.920. The van der Waals surface area contributed by atoms with Crippen molar-refractivity contribution in [2.45, 2.75) is 20.0 Å². The van der Waals surface area contributed by atoms with Crippen molar-refractivity contribution in [2.75, 3.05) is 25.0 Å². The molecular weight excluding hydrogens is 343 g/mol. The number of rotatable bonds is 3. The second-order valence-electron chi connectivity index (χ2n) is 6.02. The van der Waals surface area contributed by atoms with Crippen LogP contribution in [0.2, 0.25) is 0 Å². The molecule has 2 amide bonds. The van der Waals surface area contributed by atoms with E-state index in [9.17, 15) is 14.0 Å². The molecule has 0 unspecified atom stereocenters. The second-order valence-corrected chi connectivity index (χ2v) is 7.07. The average molecular weight is 362 g/mol. The van der Waals surface area contributed by atoms with Crippen molar-refractivity contribution in [3.05, 3.63) is 52.2 Å². The number of amides is 2. The third-order valence-electron chi connectivity index (χ3n) is 3.96.